The third-order valence-electron chi connectivity index (χ3n) is 10.9. The Balaban J connectivity index is 1.14. The van der Waals surface area contributed by atoms with Crippen LogP contribution in [0, 0.1) is 25.5 Å². The number of hydrogen-bond acceptors (Lipinski definition) is 8. The number of rotatable bonds is 7. The highest BCUT2D eigenvalue weighted by Gasteiger charge is 2.29. The number of carbonyl (C=O) groups excluding carboxylic acids is 2. The van der Waals surface area contributed by atoms with Gasteiger partial charge in [-0.3, -0.25) is 9.97 Å². The molecule has 1 atom stereocenters. The summed E-state index contributed by atoms with van der Waals surface area (Å²) in [4.78, 5) is 41.6. The van der Waals surface area contributed by atoms with Crippen molar-refractivity contribution in [3.63, 3.8) is 0 Å². The summed E-state index contributed by atoms with van der Waals surface area (Å²) in [5.41, 5.74) is 7.83. The number of aromatic nitrogens is 2. The zero-order valence-electron chi connectivity index (χ0n) is 31.2. The first-order valence-electron chi connectivity index (χ1n) is 18.9. The van der Waals surface area contributed by atoms with E-state index in [-0.39, 0.29) is 11.6 Å². The number of fused-ring (bicyclic) bond motifs is 2. The molecule has 0 N–H and O–H groups in total. The number of esters is 2. The summed E-state index contributed by atoms with van der Waals surface area (Å²) in [6, 6.07) is 24.4. The van der Waals surface area contributed by atoms with Gasteiger partial charge in [-0.2, -0.15) is 0 Å². The lowest BCUT2D eigenvalue weighted by atomic mass is 9.93. The summed E-state index contributed by atoms with van der Waals surface area (Å²) in [6.45, 7) is 6.69. The van der Waals surface area contributed by atoms with E-state index in [2.05, 4.69) is 21.9 Å². The molecule has 0 spiro atoms. The Hall–Kier alpha value is -5.90. The molecule has 8 rings (SSSR count). The maximum absolute atomic E-state index is 14.4. The van der Waals surface area contributed by atoms with Crippen molar-refractivity contribution in [3.05, 3.63) is 119 Å². The van der Waals surface area contributed by atoms with Crippen LogP contribution in [-0.2, 0) is 9.47 Å². The van der Waals surface area contributed by atoms with Crippen LogP contribution in [0.1, 0.15) is 64.2 Å². The Morgan fingerprint density at radius 1 is 0.636 bits per heavy atom. The van der Waals surface area contributed by atoms with E-state index in [1.54, 1.807) is 31.2 Å². The molecule has 0 saturated carbocycles. The zero-order chi connectivity index (χ0) is 38.2. The minimum atomic E-state index is -0.525. The van der Waals surface area contributed by atoms with E-state index < -0.39 is 18.0 Å². The first kappa shape index (κ1) is 36.1. The summed E-state index contributed by atoms with van der Waals surface area (Å²) in [5, 5.41) is 1.54. The maximum Gasteiger partial charge on any atom is 0.340 e. The van der Waals surface area contributed by atoms with Gasteiger partial charge in [0.15, 0.2) is 0 Å². The van der Waals surface area contributed by atoms with Crippen LogP contribution in [0.5, 0.6) is 0 Å². The first-order valence-corrected chi connectivity index (χ1v) is 18.9. The molecule has 0 amide bonds. The lowest BCUT2D eigenvalue weighted by Crippen LogP contribution is -2.40. The molecule has 2 aliphatic rings. The smallest absolute Gasteiger partial charge is 0.340 e. The van der Waals surface area contributed by atoms with Crippen LogP contribution in [0.2, 0.25) is 0 Å². The quantitative estimate of drug-likeness (QED) is 0.150. The Morgan fingerprint density at radius 2 is 1.13 bits per heavy atom. The van der Waals surface area contributed by atoms with Crippen LogP contribution in [0.15, 0.2) is 84.9 Å². The van der Waals surface area contributed by atoms with Crippen molar-refractivity contribution in [1.29, 1.82) is 0 Å². The van der Waals surface area contributed by atoms with Crippen molar-refractivity contribution in [1.82, 2.24) is 9.97 Å². The number of benzene rings is 4. The predicted molar refractivity (Wildman–Crippen MR) is 212 cm³/mol. The molecule has 0 aliphatic carbocycles. The SMILES string of the molecule is COC(=O)c1c(C)nc2ccc(N3CCCC(OC(=O)c4c(C)nc5ccc(N6CCCCC6)cc5c4-c4ccc(F)cc4)C3)cc2c1-c1ccc(F)cc1. The minimum absolute atomic E-state index is 0.323. The molecule has 1 unspecified atom stereocenters. The number of halogens is 2. The molecule has 55 heavy (non-hydrogen) atoms. The lowest BCUT2D eigenvalue weighted by Gasteiger charge is -2.34. The van der Waals surface area contributed by atoms with E-state index in [1.165, 1.54) is 37.8 Å². The third kappa shape index (κ3) is 7.09. The molecule has 6 aromatic rings. The molecule has 0 bridgehead atoms. The molecule has 8 nitrogen and oxygen atoms in total. The second-order valence-corrected chi connectivity index (χ2v) is 14.5. The van der Waals surface area contributed by atoms with Crippen molar-refractivity contribution in [2.24, 2.45) is 0 Å². The number of ether oxygens (including phenoxy) is 2. The van der Waals surface area contributed by atoms with Gasteiger partial charge in [0.1, 0.15) is 17.7 Å². The molecule has 2 saturated heterocycles. The van der Waals surface area contributed by atoms with E-state index in [0.29, 0.717) is 63.3 Å². The summed E-state index contributed by atoms with van der Waals surface area (Å²) >= 11 is 0. The van der Waals surface area contributed by atoms with Gasteiger partial charge in [-0.25, -0.2) is 18.4 Å². The van der Waals surface area contributed by atoms with Gasteiger partial charge in [-0.05, 0) is 118 Å². The summed E-state index contributed by atoms with van der Waals surface area (Å²) in [5.74, 6) is -1.73. The normalized spacial score (nSPS) is 16.1. The number of pyridine rings is 2. The fraction of sp³-hybridized carbons (Fsp3) is 0.289. The first-order chi connectivity index (χ1) is 26.7. The Morgan fingerprint density at radius 3 is 1.65 bits per heavy atom. The van der Waals surface area contributed by atoms with Crippen molar-refractivity contribution < 1.29 is 27.8 Å². The number of nitrogens with zero attached hydrogens (tertiary/aromatic N) is 4. The van der Waals surface area contributed by atoms with Gasteiger partial charge in [0, 0.05) is 52.9 Å². The lowest BCUT2D eigenvalue weighted by molar-refractivity contribution is 0.0269. The molecular weight excluding hydrogens is 699 g/mol. The van der Waals surface area contributed by atoms with Crippen LogP contribution >= 0.6 is 0 Å². The van der Waals surface area contributed by atoms with Crippen LogP contribution < -0.4 is 9.80 Å². The van der Waals surface area contributed by atoms with E-state index >= 15 is 0 Å². The average molecular weight is 741 g/mol. The Bertz CT molecular complexity index is 2430. The van der Waals surface area contributed by atoms with Crippen LogP contribution in [0.3, 0.4) is 0 Å². The van der Waals surface area contributed by atoms with Crippen molar-refractivity contribution in [2.75, 3.05) is 43.1 Å². The highest BCUT2D eigenvalue weighted by atomic mass is 19.1. The standard InChI is InChI=1S/C45H42F2N4O4/c1-27-40(44(52)54-3)42(29-9-13-31(46)14-10-29)37-25-34(18-20-39(37)48-27)51-23-7-8-35(26-51)55-45(53)41-28(2)49-38-19-17-33(50-21-5-4-6-22-50)24-36(38)43(41)30-11-15-32(47)16-12-30/h9-20,24-25,35H,4-8,21-23,26H2,1-3H3. The third-order valence-corrected chi connectivity index (χ3v) is 10.9. The molecule has 0 radical (unpaired) electrons. The average Bonchev–Trinajstić information content (AvgIpc) is 3.20. The molecular formula is C45H42F2N4O4. The second kappa shape index (κ2) is 15.1. The fourth-order valence-corrected chi connectivity index (χ4v) is 8.21. The monoisotopic (exact) mass is 740 g/mol. The number of hydrogen-bond donors (Lipinski definition) is 0. The van der Waals surface area contributed by atoms with Gasteiger partial charge in [0.05, 0.1) is 47.2 Å². The van der Waals surface area contributed by atoms with E-state index in [0.717, 1.165) is 66.6 Å². The van der Waals surface area contributed by atoms with Gasteiger partial charge >= 0.3 is 11.9 Å². The highest BCUT2D eigenvalue weighted by Crippen LogP contribution is 2.39. The Kier molecular flexibility index (Phi) is 9.90. The second-order valence-electron chi connectivity index (χ2n) is 14.5. The van der Waals surface area contributed by atoms with Crippen molar-refractivity contribution >= 4 is 45.1 Å². The molecule has 280 valence electrons. The van der Waals surface area contributed by atoms with E-state index in [4.69, 9.17) is 19.4 Å². The highest BCUT2D eigenvalue weighted by molar-refractivity contribution is 6.09. The Labute approximate surface area is 318 Å². The molecule has 4 heterocycles. The van der Waals surface area contributed by atoms with Gasteiger partial charge in [-0.15, -0.1) is 0 Å². The van der Waals surface area contributed by atoms with Crippen LogP contribution in [0.4, 0.5) is 20.2 Å². The number of piperidine rings is 2. The molecule has 2 aromatic heterocycles. The molecule has 4 aromatic carbocycles. The van der Waals surface area contributed by atoms with Gasteiger partial charge < -0.3 is 19.3 Å². The number of carbonyl (C=O) groups is 2. The molecule has 10 heteroatoms. The fourth-order valence-electron chi connectivity index (χ4n) is 8.21. The molecule has 2 aliphatic heterocycles. The minimum Gasteiger partial charge on any atom is -0.465 e. The van der Waals surface area contributed by atoms with Crippen molar-refractivity contribution in [2.45, 2.75) is 52.1 Å². The van der Waals surface area contributed by atoms with E-state index in [9.17, 15) is 18.4 Å². The van der Waals surface area contributed by atoms with Gasteiger partial charge in [-0.1, -0.05) is 24.3 Å². The predicted octanol–water partition coefficient (Wildman–Crippen LogP) is 9.61. The number of methoxy groups -OCH3 is 1. The number of anilines is 2. The summed E-state index contributed by atoms with van der Waals surface area (Å²) < 4.78 is 39.7. The van der Waals surface area contributed by atoms with Gasteiger partial charge in [0.2, 0.25) is 0 Å². The number of aryl methyl sites for hydroxylation is 2. The van der Waals surface area contributed by atoms with Crippen LogP contribution in [-0.4, -0.2) is 61.3 Å². The van der Waals surface area contributed by atoms with Crippen molar-refractivity contribution in [3.8, 4) is 22.3 Å². The maximum atomic E-state index is 14.4. The molecule has 2 fully saturated rings. The summed E-state index contributed by atoms with van der Waals surface area (Å²) in [6.07, 6.45) is 4.50. The van der Waals surface area contributed by atoms with Gasteiger partial charge in [0.25, 0.3) is 0 Å². The van der Waals surface area contributed by atoms with Crippen LogP contribution in [0.25, 0.3) is 44.1 Å². The largest absolute Gasteiger partial charge is 0.465 e. The topological polar surface area (TPSA) is 84.9 Å². The summed E-state index contributed by atoms with van der Waals surface area (Å²) in [7, 11) is 1.33. The van der Waals surface area contributed by atoms with E-state index in [1.807, 2.05) is 31.2 Å². The zero-order valence-corrected chi connectivity index (χ0v) is 31.2.